The Kier molecular flexibility index (Phi) is 3.41. The molecule has 2 N–H and O–H groups in total. The van der Waals surface area contributed by atoms with Gasteiger partial charge in [0.05, 0.1) is 0 Å². The summed E-state index contributed by atoms with van der Waals surface area (Å²) in [6, 6.07) is 4.62. The molecule has 0 aliphatic heterocycles. The van der Waals surface area contributed by atoms with Crippen molar-refractivity contribution in [1.82, 2.24) is 9.97 Å². The Morgan fingerprint density at radius 1 is 1.17 bits per heavy atom. The summed E-state index contributed by atoms with van der Waals surface area (Å²) < 4.78 is 13.2. The van der Waals surface area contributed by atoms with Gasteiger partial charge in [0.1, 0.15) is 11.6 Å². The van der Waals surface area contributed by atoms with Crippen LogP contribution < -0.4 is 10.6 Å². The predicted octanol–water partition coefficient (Wildman–Crippen LogP) is 3.02. The molecule has 0 radical (unpaired) electrons. The zero-order valence-electron chi connectivity index (χ0n) is 10.6. The van der Waals surface area contributed by atoms with Crippen LogP contribution in [-0.4, -0.2) is 17.0 Å². The number of halogens is 1. The minimum atomic E-state index is -0.274. The van der Waals surface area contributed by atoms with E-state index >= 15 is 0 Å². The fraction of sp³-hybridized carbons (Fsp3) is 0.231. The van der Waals surface area contributed by atoms with Gasteiger partial charge in [-0.05, 0) is 31.5 Å². The number of rotatable bonds is 3. The number of benzene rings is 1. The van der Waals surface area contributed by atoms with Crippen LogP contribution >= 0.6 is 0 Å². The molecule has 0 aliphatic rings. The standard InChI is InChI=1S/C13H15FN4/c1-8-4-5-10(14)6-11(8)17-12-9(2)7-16-13(15-3)18-12/h4-7H,1-3H3,(H2,15,16,17,18). The summed E-state index contributed by atoms with van der Waals surface area (Å²) in [4.78, 5) is 8.40. The summed E-state index contributed by atoms with van der Waals surface area (Å²) in [6.07, 6.45) is 1.72. The van der Waals surface area contributed by atoms with Crippen molar-refractivity contribution < 1.29 is 4.39 Å². The maximum absolute atomic E-state index is 13.2. The Morgan fingerprint density at radius 2 is 1.94 bits per heavy atom. The molecule has 0 fully saturated rings. The van der Waals surface area contributed by atoms with E-state index in [0.717, 1.165) is 11.1 Å². The fourth-order valence-corrected chi connectivity index (χ4v) is 1.55. The smallest absolute Gasteiger partial charge is 0.224 e. The van der Waals surface area contributed by atoms with E-state index in [0.29, 0.717) is 17.5 Å². The van der Waals surface area contributed by atoms with Crippen LogP contribution in [0, 0.1) is 19.7 Å². The molecular weight excluding hydrogens is 231 g/mol. The molecule has 1 heterocycles. The first-order chi connectivity index (χ1) is 8.60. The van der Waals surface area contributed by atoms with E-state index in [1.54, 1.807) is 19.3 Å². The van der Waals surface area contributed by atoms with Crippen molar-refractivity contribution in [3.63, 3.8) is 0 Å². The molecule has 0 unspecified atom stereocenters. The highest BCUT2D eigenvalue weighted by Gasteiger charge is 2.06. The lowest BCUT2D eigenvalue weighted by molar-refractivity contribution is 0.628. The van der Waals surface area contributed by atoms with Gasteiger partial charge in [-0.25, -0.2) is 9.37 Å². The van der Waals surface area contributed by atoms with Crippen molar-refractivity contribution in [1.29, 1.82) is 0 Å². The maximum Gasteiger partial charge on any atom is 0.224 e. The van der Waals surface area contributed by atoms with Gasteiger partial charge in [-0.2, -0.15) is 4.98 Å². The molecule has 0 saturated heterocycles. The highest BCUT2D eigenvalue weighted by molar-refractivity contribution is 5.63. The van der Waals surface area contributed by atoms with Gasteiger partial charge in [0.15, 0.2) is 0 Å². The monoisotopic (exact) mass is 246 g/mol. The molecule has 0 atom stereocenters. The molecule has 0 amide bonds. The molecule has 1 aromatic carbocycles. The van der Waals surface area contributed by atoms with E-state index in [1.807, 2.05) is 13.8 Å². The highest BCUT2D eigenvalue weighted by Crippen LogP contribution is 2.22. The molecule has 4 nitrogen and oxygen atoms in total. The van der Waals surface area contributed by atoms with E-state index in [9.17, 15) is 4.39 Å². The summed E-state index contributed by atoms with van der Waals surface area (Å²) in [7, 11) is 1.75. The molecule has 18 heavy (non-hydrogen) atoms. The first kappa shape index (κ1) is 12.3. The zero-order chi connectivity index (χ0) is 13.1. The average molecular weight is 246 g/mol. The summed E-state index contributed by atoms with van der Waals surface area (Å²) in [5.41, 5.74) is 2.57. The lowest BCUT2D eigenvalue weighted by Gasteiger charge is -2.11. The Labute approximate surface area is 105 Å². The van der Waals surface area contributed by atoms with Gasteiger partial charge >= 0.3 is 0 Å². The topological polar surface area (TPSA) is 49.8 Å². The van der Waals surface area contributed by atoms with E-state index in [2.05, 4.69) is 20.6 Å². The molecular formula is C13H15FN4. The van der Waals surface area contributed by atoms with Crippen molar-refractivity contribution in [3.05, 3.63) is 41.3 Å². The fourth-order valence-electron chi connectivity index (χ4n) is 1.55. The third-order valence-corrected chi connectivity index (χ3v) is 2.65. The lowest BCUT2D eigenvalue weighted by Crippen LogP contribution is -2.03. The van der Waals surface area contributed by atoms with E-state index < -0.39 is 0 Å². The maximum atomic E-state index is 13.2. The lowest BCUT2D eigenvalue weighted by atomic mass is 10.2. The van der Waals surface area contributed by atoms with Crippen molar-refractivity contribution >= 4 is 17.5 Å². The van der Waals surface area contributed by atoms with Crippen LogP contribution in [0.3, 0.4) is 0 Å². The SMILES string of the molecule is CNc1ncc(C)c(Nc2cc(F)ccc2C)n1. The quantitative estimate of drug-likeness (QED) is 0.874. The largest absolute Gasteiger partial charge is 0.357 e. The molecule has 5 heteroatoms. The second-order valence-corrected chi connectivity index (χ2v) is 4.06. The molecule has 94 valence electrons. The number of aromatic nitrogens is 2. The summed E-state index contributed by atoms with van der Waals surface area (Å²) in [5.74, 6) is 0.920. The van der Waals surface area contributed by atoms with Gasteiger partial charge in [0.2, 0.25) is 5.95 Å². The number of hydrogen-bond acceptors (Lipinski definition) is 4. The molecule has 0 bridgehead atoms. The van der Waals surface area contributed by atoms with Crippen LogP contribution in [0.25, 0.3) is 0 Å². The van der Waals surface area contributed by atoms with E-state index in [4.69, 9.17) is 0 Å². The third kappa shape index (κ3) is 2.56. The second-order valence-electron chi connectivity index (χ2n) is 4.06. The average Bonchev–Trinajstić information content (AvgIpc) is 2.36. The summed E-state index contributed by atoms with van der Waals surface area (Å²) in [6.45, 7) is 3.81. The first-order valence-electron chi connectivity index (χ1n) is 5.64. The Morgan fingerprint density at radius 3 is 2.67 bits per heavy atom. The molecule has 0 aliphatic carbocycles. The minimum absolute atomic E-state index is 0.274. The molecule has 2 rings (SSSR count). The first-order valence-corrected chi connectivity index (χ1v) is 5.64. The summed E-state index contributed by atoms with van der Waals surface area (Å²) in [5, 5.41) is 5.99. The normalized spacial score (nSPS) is 10.2. The predicted molar refractivity (Wildman–Crippen MR) is 70.7 cm³/mol. The third-order valence-electron chi connectivity index (χ3n) is 2.65. The van der Waals surface area contributed by atoms with Gasteiger partial charge < -0.3 is 10.6 Å². The molecule has 1 aromatic heterocycles. The van der Waals surface area contributed by atoms with Crippen LogP contribution in [0.5, 0.6) is 0 Å². The second kappa shape index (κ2) is 5.00. The van der Waals surface area contributed by atoms with Crippen LogP contribution in [0.1, 0.15) is 11.1 Å². The van der Waals surface area contributed by atoms with Gasteiger partial charge in [-0.1, -0.05) is 6.07 Å². The van der Waals surface area contributed by atoms with Crippen LogP contribution in [-0.2, 0) is 0 Å². The highest BCUT2D eigenvalue weighted by atomic mass is 19.1. The van der Waals surface area contributed by atoms with Crippen LogP contribution in [0.2, 0.25) is 0 Å². The molecule has 0 saturated carbocycles. The number of hydrogen-bond donors (Lipinski definition) is 2. The number of nitrogens with zero attached hydrogens (tertiary/aromatic N) is 2. The summed E-state index contributed by atoms with van der Waals surface area (Å²) >= 11 is 0. The van der Waals surface area contributed by atoms with Crippen molar-refractivity contribution in [2.75, 3.05) is 17.7 Å². The molecule has 0 spiro atoms. The Balaban J connectivity index is 2.36. The van der Waals surface area contributed by atoms with Crippen molar-refractivity contribution in [3.8, 4) is 0 Å². The van der Waals surface area contributed by atoms with Crippen molar-refractivity contribution in [2.45, 2.75) is 13.8 Å². The van der Waals surface area contributed by atoms with Crippen molar-refractivity contribution in [2.24, 2.45) is 0 Å². The van der Waals surface area contributed by atoms with Gasteiger partial charge in [0.25, 0.3) is 0 Å². The Hall–Kier alpha value is -2.17. The van der Waals surface area contributed by atoms with E-state index in [-0.39, 0.29) is 5.82 Å². The van der Waals surface area contributed by atoms with Gasteiger partial charge in [0, 0.05) is 24.5 Å². The minimum Gasteiger partial charge on any atom is -0.357 e. The molecule has 2 aromatic rings. The number of aryl methyl sites for hydroxylation is 2. The zero-order valence-corrected chi connectivity index (χ0v) is 10.6. The number of nitrogens with one attached hydrogen (secondary N) is 2. The van der Waals surface area contributed by atoms with Crippen LogP contribution in [0.15, 0.2) is 24.4 Å². The number of anilines is 3. The van der Waals surface area contributed by atoms with Gasteiger partial charge in [-0.15, -0.1) is 0 Å². The van der Waals surface area contributed by atoms with Gasteiger partial charge in [-0.3, -0.25) is 0 Å². The Bertz CT molecular complexity index is 569. The van der Waals surface area contributed by atoms with E-state index in [1.165, 1.54) is 12.1 Å². The van der Waals surface area contributed by atoms with Crippen LogP contribution in [0.4, 0.5) is 21.8 Å².